The van der Waals surface area contributed by atoms with Gasteiger partial charge in [0.1, 0.15) is 0 Å². The predicted molar refractivity (Wildman–Crippen MR) is 82.5 cm³/mol. The molecule has 0 bridgehead atoms. The second kappa shape index (κ2) is 7.57. The van der Waals surface area contributed by atoms with Gasteiger partial charge in [-0.1, -0.05) is 31.4 Å². The maximum Gasteiger partial charge on any atom is 0.335 e. The van der Waals surface area contributed by atoms with Crippen molar-refractivity contribution in [3.8, 4) is 0 Å². The summed E-state index contributed by atoms with van der Waals surface area (Å²) < 4.78 is 5.42. The minimum Gasteiger partial charge on any atom is -0.478 e. The highest BCUT2D eigenvalue weighted by Crippen LogP contribution is 2.35. The molecule has 2 rings (SSSR count). The van der Waals surface area contributed by atoms with E-state index in [-0.39, 0.29) is 5.41 Å². The summed E-state index contributed by atoms with van der Waals surface area (Å²) in [4.78, 5) is 10.8. The number of methoxy groups -OCH3 is 1. The van der Waals surface area contributed by atoms with E-state index >= 15 is 0 Å². The summed E-state index contributed by atoms with van der Waals surface area (Å²) in [6, 6.07) is 7.07. The van der Waals surface area contributed by atoms with Crippen molar-refractivity contribution in [3.63, 3.8) is 0 Å². The highest BCUT2D eigenvalue weighted by Gasteiger charge is 2.31. The minimum atomic E-state index is -0.879. The maximum absolute atomic E-state index is 10.8. The number of carboxylic acid groups (broad SMARTS) is 1. The fourth-order valence-electron chi connectivity index (χ4n) is 3.22. The summed E-state index contributed by atoms with van der Waals surface area (Å²) in [7, 11) is 1.78. The first-order chi connectivity index (χ1) is 10.2. The molecule has 1 aliphatic rings. The number of aromatic carboxylic acids is 1. The van der Waals surface area contributed by atoms with E-state index in [1.165, 1.54) is 32.1 Å². The van der Waals surface area contributed by atoms with Crippen LogP contribution in [0.4, 0.5) is 0 Å². The Morgan fingerprint density at radius 1 is 1.24 bits per heavy atom. The van der Waals surface area contributed by atoms with Gasteiger partial charge in [-0.3, -0.25) is 0 Å². The Hall–Kier alpha value is -1.39. The van der Waals surface area contributed by atoms with Crippen molar-refractivity contribution in [1.29, 1.82) is 0 Å². The first-order valence-electron chi connectivity index (χ1n) is 7.67. The van der Waals surface area contributed by atoms with Crippen LogP contribution in [0.2, 0.25) is 0 Å². The lowest BCUT2D eigenvalue weighted by molar-refractivity contribution is 0.0482. The molecule has 0 heterocycles. The average Bonchev–Trinajstić information content (AvgIpc) is 2.49. The monoisotopic (exact) mass is 291 g/mol. The van der Waals surface area contributed by atoms with Gasteiger partial charge in [-0.2, -0.15) is 0 Å². The first kappa shape index (κ1) is 16.0. The van der Waals surface area contributed by atoms with E-state index < -0.39 is 5.97 Å². The van der Waals surface area contributed by atoms with Gasteiger partial charge in [-0.15, -0.1) is 0 Å². The number of hydrogen-bond donors (Lipinski definition) is 2. The van der Waals surface area contributed by atoms with Crippen LogP contribution in [0.15, 0.2) is 24.3 Å². The summed E-state index contributed by atoms with van der Waals surface area (Å²) in [6.45, 7) is 2.55. The van der Waals surface area contributed by atoms with Crippen LogP contribution in [-0.2, 0) is 11.3 Å². The van der Waals surface area contributed by atoms with E-state index in [4.69, 9.17) is 9.84 Å². The lowest BCUT2D eigenvalue weighted by Crippen LogP contribution is -2.39. The zero-order chi connectivity index (χ0) is 15.1. The minimum absolute atomic E-state index is 0.272. The molecule has 4 heteroatoms. The molecule has 1 aromatic carbocycles. The third kappa shape index (κ3) is 4.55. The van der Waals surface area contributed by atoms with Gasteiger partial charge in [-0.05, 0) is 30.5 Å². The van der Waals surface area contributed by atoms with Crippen molar-refractivity contribution in [3.05, 3.63) is 35.4 Å². The summed E-state index contributed by atoms with van der Waals surface area (Å²) in [5.41, 5.74) is 1.72. The van der Waals surface area contributed by atoms with Gasteiger partial charge in [0.25, 0.3) is 0 Å². The van der Waals surface area contributed by atoms with Crippen molar-refractivity contribution in [1.82, 2.24) is 5.32 Å². The molecule has 0 aromatic heterocycles. The topological polar surface area (TPSA) is 58.6 Å². The van der Waals surface area contributed by atoms with Gasteiger partial charge in [0.15, 0.2) is 0 Å². The molecule has 0 radical (unpaired) electrons. The molecule has 4 nitrogen and oxygen atoms in total. The van der Waals surface area contributed by atoms with E-state index in [9.17, 15) is 4.79 Å². The van der Waals surface area contributed by atoms with E-state index in [1.807, 2.05) is 12.1 Å². The molecule has 1 saturated carbocycles. The first-order valence-corrected chi connectivity index (χ1v) is 7.67. The van der Waals surface area contributed by atoms with Crippen LogP contribution in [0, 0.1) is 5.41 Å². The molecule has 0 atom stereocenters. The standard InChI is InChI=1S/C17H25NO3/c1-21-13-17(9-3-2-4-10-17)12-18-11-14-5-7-15(8-6-14)16(19)20/h5-8,18H,2-4,9-13H2,1H3,(H,19,20). The van der Waals surface area contributed by atoms with Crippen molar-refractivity contribution >= 4 is 5.97 Å². The third-order valence-electron chi connectivity index (χ3n) is 4.39. The summed E-state index contributed by atoms with van der Waals surface area (Å²) >= 11 is 0. The van der Waals surface area contributed by atoms with Crippen molar-refractivity contribution < 1.29 is 14.6 Å². The second-order valence-electron chi connectivity index (χ2n) is 6.10. The Kier molecular flexibility index (Phi) is 5.76. The molecule has 1 aromatic rings. The van der Waals surface area contributed by atoms with Crippen LogP contribution < -0.4 is 5.32 Å². The fraction of sp³-hybridized carbons (Fsp3) is 0.588. The van der Waals surface area contributed by atoms with Gasteiger partial charge in [0, 0.05) is 25.6 Å². The third-order valence-corrected chi connectivity index (χ3v) is 4.39. The van der Waals surface area contributed by atoms with Crippen LogP contribution in [0.1, 0.15) is 48.0 Å². The molecular weight excluding hydrogens is 266 g/mol. The predicted octanol–water partition coefficient (Wildman–Crippen LogP) is 3.07. The molecule has 0 unspecified atom stereocenters. The molecule has 116 valence electrons. The van der Waals surface area contributed by atoms with E-state index in [2.05, 4.69) is 5.32 Å². The summed E-state index contributed by atoms with van der Waals surface area (Å²) in [5.74, 6) is -0.879. The SMILES string of the molecule is COCC1(CNCc2ccc(C(=O)O)cc2)CCCCC1. The lowest BCUT2D eigenvalue weighted by atomic mass is 9.74. The van der Waals surface area contributed by atoms with E-state index in [0.717, 1.165) is 25.3 Å². The highest BCUT2D eigenvalue weighted by molar-refractivity contribution is 5.87. The zero-order valence-corrected chi connectivity index (χ0v) is 12.7. The Morgan fingerprint density at radius 3 is 2.48 bits per heavy atom. The molecular formula is C17H25NO3. The van der Waals surface area contributed by atoms with Crippen molar-refractivity contribution in [2.75, 3.05) is 20.3 Å². The van der Waals surface area contributed by atoms with Gasteiger partial charge < -0.3 is 15.2 Å². The smallest absolute Gasteiger partial charge is 0.335 e. The largest absolute Gasteiger partial charge is 0.478 e. The quantitative estimate of drug-likeness (QED) is 0.810. The Bertz CT molecular complexity index is 444. The molecule has 0 aliphatic heterocycles. The lowest BCUT2D eigenvalue weighted by Gasteiger charge is -2.37. The molecule has 0 spiro atoms. The number of hydrogen-bond acceptors (Lipinski definition) is 3. The fourth-order valence-corrected chi connectivity index (χ4v) is 3.22. The van der Waals surface area contributed by atoms with Crippen molar-refractivity contribution in [2.45, 2.75) is 38.6 Å². The zero-order valence-electron chi connectivity index (χ0n) is 12.7. The highest BCUT2D eigenvalue weighted by atomic mass is 16.5. The van der Waals surface area contributed by atoms with Crippen LogP contribution in [0.3, 0.4) is 0 Å². The van der Waals surface area contributed by atoms with E-state index in [0.29, 0.717) is 5.56 Å². The summed E-state index contributed by atoms with van der Waals surface area (Å²) in [6.07, 6.45) is 6.37. The van der Waals surface area contributed by atoms with Gasteiger partial charge >= 0.3 is 5.97 Å². The number of nitrogens with one attached hydrogen (secondary N) is 1. The number of carbonyl (C=O) groups is 1. The van der Waals surface area contributed by atoms with E-state index in [1.54, 1.807) is 19.2 Å². The molecule has 21 heavy (non-hydrogen) atoms. The number of rotatable bonds is 7. The Morgan fingerprint density at radius 2 is 1.90 bits per heavy atom. The average molecular weight is 291 g/mol. The second-order valence-corrected chi connectivity index (χ2v) is 6.10. The molecule has 1 aliphatic carbocycles. The molecule has 2 N–H and O–H groups in total. The van der Waals surface area contributed by atoms with Crippen LogP contribution in [0.5, 0.6) is 0 Å². The van der Waals surface area contributed by atoms with Crippen LogP contribution >= 0.6 is 0 Å². The number of carboxylic acids is 1. The van der Waals surface area contributed by atoms with Crippen LogP contribution in [0.25, 0.3) is 0 Å². The van der Waals surface area contributed by atoms with Gasteiger partial charge in [0.2, 0.25) is 0 Å². The number of benzene rings is 1. The summed E-state index contributed by atoms with van der Waals surface area (Å²) in [5, 5.41) is 12.4. The van der Waals surface area contributed by atoms with Crippen LogP contribution in [-0.4, -0.2) is 31.3 Å². The maximum atomic E-state index is 10.8. The van der Waals surface area contributed by atoms with Gasteiger partial charge in [0.05, 0.1) is 12.2 Å². The van der Waals surface area contributed by atoms with Gasteiger partial charge in [-0.25, -0.2) is 4.79 Å². The molecule has 1 fully saturated rings. The normalized spacial score (nSPS) is 17.6. The Balaban J connectivity index is 1.85. The number of ether oxygens (including phenoxy) is 1. The Labute approximate surface area is 126 Å². The molecule has 0 saturated heterocycles. The van der Waals surface area contributed by atoms with Crippen molar-refractivity contribution in [2.24, 2.45) is 5.41 Å². The molecule has 0 amide bonds.